The van der Waals surface area contributed by atoms with Crippen molar-refractivity contribution in [3.63, 3.8) is 0 Å². The molecule has 3 rings (SSSR count). The number of oxazole rings is 1. The average Bonchev–Trinajstić information content (AvgIpc) is 2.81. The maximum absolute atomic E-state index is 12.1. The summed E-state index contributed by atoms with van der Waals surface area (Å²) in [5.41, 5.74) is 1.90. The molecule has 0 saturated heterocycles. The van der Waals surface area contributed by atoms with Crippen molar-refractivity contribution < 1.29 is 9.21 Å². The Morgan fingerprint density at radius 1 is 1.32 bits per heavy atom. The van der Waals surface area contributed by atoms with Gasteiger partial charge in [-0.25, -0.2) is 4.79 Å². The van der Waals surface area contributed by atoms with E-state index in [0.29, 0.717) is 23.6 Å². The van der Waals surface area contributed by atoms with E-state index in [0.717, 1.165) is 11.9 Å². The van der Waals surface area contributed by atoms with E-state index in [4.69, 9.17) is 4.42 Å². The Labute approximate surface area is 129 Å². The number of aryl methyl sites for hydroxylation is 1. The molecule has 0 radical (unpaired) electrons. The second-order valence-corrected chi connectivity index (χ2v) is 6.20. The number of amides is 1. The topological polar surface area (TPSA) is 64.2 Å². The Morgan fingerprint density at radius 2 is 2.09 bits per heavy atom. The Hall–Kier alpha value is -2.04. The zero-order valence-corrected chi connectivity index (χ0v) is 12.9. The van der Waals surface area contributed by atoms with Gasteiger partial charge in [0.05, 0.1) is 5.52 Å². The average molecular weight is 302 g/mol. The zero-order chi connectivity index (χ0) is 15.5. The molecule has 1 heterocycles. The van der Waals surface area contributed by atoms with Gasteiger partial charge < -0.3 is 9.73 Å². The Balaban J connectivity index is 1.60. The summed E-state index contributed by atoms with van der Waals surface area (Å²) in [6.07, 6.45) is 7.98. The highest BCUT2D eigenvalue weighted by Crippen LogP contribution is 2.27. The predicted molar refractivity (Wildman–Crippen MR) is 85.9 cm³/mol. The summed E-state index contributed by atoms with van der Waals surface area (Å²) in [6.45, 7) is 0. The summed E-state index contributed by atoms with van der Waals surface area (Å²) >= 11 is 0. The molecule has 1 aromatic heterocycles. The molecular formula is C17H22N2O3. The van der Waals surface area contributed by atoms with Crippen LogP contribution in [0.1, 0.15) is 44.9 Å². The number of aromatic nitrogens is 1. The first-order valence-corrected chi connectivity index (χ1v) is 8.03. The lowest BCUT2D eigenvalue weighted by atomic mass is 9.86. The van der Waals surface area contributed by atoms with Gasteiger partial charge >= 0.3 is 5.76 Å². The molecule has 0 bridgehead atoms. The van der Waals surface area contributed by atoms with Gasteiger partial charge in [0.1, 0.15) is 0 Å². The number of anilines is 1. The van der Waals surface area contributed by atoms with Crippen LogP contribution < -0.4 is 11.1 Å². The predicted octanol–water partition coefficient (Wildman–Crippen LogP) is 3.43. The second kappa shape index (κ2) is 6.38. The van der Waals surface area contributed by atoms with E-state index in [-0.39, 0.29) is 5.91 Å². The SMILES string of the molecule is Cn1c(=O)oc2cc(NC(=O)CCC3CCCCC3)ccc21. The quantitative estimate of drug-likeness (QED) is 0.941. The maximum Gasteiger partial charge on any atom is 0.419 e. The number of hydrogen-bond acceptors (Lipinski definition) is 3. The molecule has 22 heavy (non-hydrogen) atoms. The van der Waals surface area contributed by atoms with Crippen molar-refractivity contribution in [3.8, 4) is 0 Å². The van der Waals surface area contributed by atoms with Gasteiger partial charge in [-0.3, -0.25) is 9.36 Å². The molecule has 5 nitrogen and oxygen atoms in total. The van der Waals surface area contributed by atoms with E-state index in [1.807, 2.05) is 0 Å². The van der Waals surface area contributed by atoms with Crippen molar-refractivity contribution in [2.75, 3.05) is 5.32 Å². The largest absolute Gasteiger partial charge is 0.419 e. The van der Waals surface area contributed by atoms with Gasteiger partial charge in [0.15, 0.2) is 5.58 Å². The summed E-state index contributed by atoms with van der Waals surface area (Å²) in [5.74, 6) is 0.341. The third-order valence-electron chi connectivity index (χ3n) is 4.58. The van der Waals surface area contributed by atoms with Crippen LogP contribution in [0.25, 0.3) is 11.1 Å². The lowest BCUT2D eigenvalue weighted by molar-refractivity contribution is -0.116. The standard InChI is InChI=1S/C17H22N2O3/c1-19-14-9-8-13(11-15(14)22-17(19)21)18-16(20)10-7-12-5-3-2-4-6-12/h8-9,11-12H,2-7,10H2,1H3,(H,18,20). The third kappa shape index (κ3) is 3.24. The van der Waals surface area contributed by atoms with Gasteiger partial charge in [-0.1, -0.05) is 32.1 Å². The fourth-order valence-electron chi connectivity index (χ4n) is 3.25. The Morgan fingerprint density at radius 3 is 2.86 bits per heavy atom. The molecule has 1 saturated carbocycles. The molecule has 1 aliphatic rings. The number of nitrogens with zero attached hydrogens (tertiary/aromatic N) is 1. The van der Waals surface area contributed by atoms with Gasteiger partial charge in [0.2, 0.25) is 5.91 Å². The summed E-state index contributed by atoms with van der Waals surface area (Å²) < 4.78 is 6.58. The molecule has 1 amide bonds. The highest BCUT2D eigenvalue weighted by molar-refractivity contribution is 5.92. The lowest BCUT2D eigenvalue weighted by Gasteiger charge is -2.20. The number of rotatable bonds is 4. The van der Waals surface area contributed by atoms with Crippen LogP contribution in [0.3, 0.4) is 0 Å². The molecule has 0 spiro atoms. The molecule has 1 aliphatic carbocycles. The number of nitrogens with one attached hydrogen (secondary N) is 1. The number of fused-ring (bicyclic) bond motifs is 1. The van der Waals surface area contributed by atoms with Crippen LogP contribution >= 0.6 is 0 Å². The molecule has 5 heteroatoms. The van der Waals surface area contributed by atoms with E-state index >= 15 is 0 Å². The van der Waals surface area contributed by atoms with Crippen molar-refractivity contribution in [2.45, 2.75) is 44.9 Å². The van der Waals surface area contributed by atoms with Crippen molar-refractivity contribution in [1.82, 2.24) is 4.57 Å². The highest BCUT2D eigenvalue weighted by Gasteiger charge is 2.15. The van der Waals surface area contributed by atoms with Crippen LogP contribution in [0.2, 0.25) is 0 Å². The minimum atomic E-state index is -0.393. The molecule has 1 N–H and O–H groups in total. The van der Waals surface area contributed by atoms with Gasteiger partial charge in [-0.05, 0) is 24.5 Å². The number of benzene rings is 1. The van der Waals surface area contributed by atoms with Crippen molar-refractivity contribution in [1.29, 1.82) is 0 Å². The smallest absolute Gasteiger partial charge is 0.408 e. The van der Waals surface area contributed by atoms with Crippen molar-refractivity contribution >= 4 is 22.7 Å². The zero-order valence-electron chi connectivity index (χ0n) is 12.9. The first-order valence-electron chi connectivity index (χ1n) is 8.03. The van der Waals surface area contributed by atoms with E-state index in [2.05, 4.69) is 5.32 Å². The molecule has 0 atom stereocenters. The highest BCUT2D eigenvalue weighted by atomic mass is 16.4. The maximum atomic E-state index is 12.1. The molecule has 1 fully saturated rings. The van der Waals surface area contributed by atoms with Crippen molar-refractivity contribution in [2.24, 2.45) is 13.0 Å². The fourth-order valence-corrected chi connectivity index (χ4v) is 3.25. The summed E-state index contributed by atoms with van der Waals surface area (Å²) in [5, 5.41) is 2.89. The van der Waals surface area contributed by atoms with Gasteiger partial charge in [-0.2, -0.15) is 0 Å². The number of hydrogen-bond donors (Lipinski definition) is 1. The van der Waals surface area contributed by atoms with Gasteiger partial charge in [0.25, 0.3) is 0 Å². The van der Waals surface area contributed by atoms with Crippen LogP contribution in [-0.2, 0) is 11.8 Å². The third-order valence-corrected chi connectivity index (χ3v) is 4.58. The lowest BCUT2D eigenvalue weighted by Crippen LogP contribution is -2.14. The monoisotopic (exact) mass is 302 g/mol. The summed E-state index contributed by atoms with van der Waals surface area (Å²) in [6, 6.07) is 5.29. The fraction of sp³-hybridized carbons (Fsp3) is 0.529. The Kier molecular flexibility index (Phi) is 4.32. The second-order valence-electron chi connectivity index (χ2n) is 6.20. The van der Waals surface area contributed by atoms with E-state index in [9.17, 15) is 9.59 Å². The van der Waals surface area contributed by atoms with E-state index in [1.165, 1.54) is 36.7 Å². The first-order chi connectivity index (χ1) is 10.6. The van der Waals surface area contributed by atoms with Crippen LogP contribution in [0.4, 0.5) is 5.69 Å². The van der Waals surface area contributed by atoms with E-state index in [1.54, 1.807) is 25.2 Å². The molecular weight excluding hydrogens is 280 g/mol. The molecule has 2 aromatic rings. The van der Waals surface area contributed by atoms with Gasteiger partial charge in [0, 0.05) is 25.2 Å². The first kappa shape index (κ1) is 14.9. The van der Waals surface area contributed by atoms with Crippen molar-refractivity contribution in [3.05, 3.63) is 28.7 Å². The number of carbonyl (C=O) groups excluding carboxylic acids is 1. The van der Waals surface area contributed by atoms with Gasteiger partial charge in [-0.15, -0.1) is 0 Å². The summed E-state index contributed by atoms with van der Waals surface area (Å²) in [4.78, 5) is 23.5. The minimum Gasteiger partial charge on any atom is -0.408 e. The normalized spacial score (nSPS) is 16.0. The molecule has 118 valence electrons. The molecule has 0 unspecified atom stereocenters. The minimum absolute atomic E-state index is 0.0307. The molecule has 0 aliphatic heterocycles. The van der Waals surface area contributed by atoms with Crippen LogP contribution in [0.15, 0.2) is 27.4 Å². The summed E-state index contributed by atoms with van der Waals surface area (Å²) in [7, 11) is 1.66. The van der Waals surface area contributed by atoms with Crippen LogP contribution in [0, 0.1) is 5.92 Å². The van der Waals surface area contributed by atoms with E-state index < -0.39 is 5.76 Å². The number of carbonyl (C=O) groups is 1. The Bertz CT molecular complexity index is 723. The molecule has 1 aromatic carbocycles. The van der Waals surface area contributed by atoms with Crippen LogP contribution in [-0.4, -0.2) is 10.5 Å². The van der Waals surface area contributed by atoms with Crippen LogP contribution in [0.5, 0.6) is 0 Å².